The average Bonchev–Trinajstić information content (AvgIpc) is 2.76. The number of fused-ring (bicyclic) bond motifs is 1. The minimum absolute atomic E-state index is 0.264. The summed E-state index contributed by atoms with van der Waals surface area (Å²) in [6.07, 6.45) is 4.55. The lowest BCUT2D eigenvalue weighted by Gasteiger charge is -2.43. The molecule has 2 atom stereocenters. The van der Waals surface area contributed by atoms with Gasteiger partial charge in [-0.15, -0.1) is 0 Å². The zero-order valence-corrected chi connectivity index (χ0v) is 13.7. The first-order valence-corrected chi connectivity index (χ1v) is 8.16. The van der Waals surface area contributed by atoms with Crippen molar-refractivity contribution in [1.82, 2.24) is 4.90 Å². The van der Waals surface area contributed by atoms with Gasteiger partial charge in [-0.05, 0) is 32.4 Å². The summed E-state index contributed by atoms with van der Waals surface area (Å²) in [5.74, 6) is -0.587. The van der Waals surface area contributed by atoms with Crippen LogP contribution in [0.5, 0.6) is 0 Å². The molecule has 124 valence electrons. The van der Waals surface area contributed by atoms with Crippen LogP contribution in [0.15, 0.2) is 42.2 Å². The highest BCUT2D eigenvalue weighted by molar-refractivity contribution is 5.94. The van der Waals surface area contributed by atoms with Gasteiger partial charge in [-0.2, -0.15) is 0 Å². The van der Waals surface area contributed by atoms with E-state index in [9.17, 15) is 9.59 Å². The van der Waals surface area contributed by atoms with Gasteiger partial charge < -0.3 is 9.47 Å². The van der Waals surface area contributed by atoms with Crippen molar-refractivity contribution in [1.29, 1.82) is 0 Å². The summed E-state index contributed by atoms with van der Waals surface area (Å²) in [5, 5.41) is 0. The number of nitrogens with zero attached hydrogens (tertiary/aromatic N) is 1. The molecular weight excluding hydrogens is 306 g/mol. The van der Waals surface area contributed by atoms with Crippen LogP contribution < -0.4 is 0 Å². The van der Waals surface area contributed by atoms with Gasteiger partial charge >= 0.3 is 11.9 Å². The van der Waals surface area contributed by atoms with Crippen LogP contribution in [0.2, 0.25) is 0 Å². The minimum Gasteiger partial charge on any atom is -0.433 e. The van der Waals surface area contributed by atoms with Crippen LogP contribution in [-0.4, -0.2) is 35.7 Å². The SMILES string of the molecule is Cc1ccc(C2=C3OC(=O)/C=C/C(=O)OC34CCC(C2)N4C)cc1. The van der Waals surface area contributed by atoms with Crippen molar-refractivity contribution in [3.05, 3.63) is 53.3 Å². The summed E-state index contributed by atoms with van der Waals surface area (Å²) in [6.45, 7) is 2.03. The number of likely N-dealkylation sites (N-methyl/N-ethyl adjacent to an activating group) is 1. The molecule has 0 N–H and O–H groups in total. The molecule has 0 amide bonds. The number of benzene rings is 1. The first-order chi connectivity index (χ1) is 11.5. The molecule has 3 aliphatic heterocycles. The van der Waals surface area contributed by atoms with Gasteiger partial charge in [-0.1, -0.05) is 29.8 Å². The fraction of sp³-hybridized carbons (Fsp3) is 0.368. The second-order valence-electron chi connectivity index (χ2n) is 6.64. The van der Waals surface area contributed by atoms with E-state index in [-0.39, 0.29) is 6.04 Å². The molecule has 4 rings (SSSR count). The van der Waals surface area contributed by atoms with E-state index in [1.807, 2.05) is 43.1 Å². The predicted octanol–water partition coefficient (Wildman–Crippen LogP) is 2.56. The predicted molar refractivity (Wildman–Crippen MR) is 87.6 cm³/mol. The van der Waals surface area contributed by atoms with Crippen molar-refractivity contribution in [3.63, 3.8) is 0 Å². The van der Waals surface area contributed by atoms with E-state index in [1.165, 1.54) is 5.56 Å². The Morgan fingerprint density at radius 2 is 1.83 bits per heavy atom. The molecular formula is C19H19NO4. The fourth-order valence-electron chi connectivity index (χ4n) is 3.89. The van der Waals surface area contributed by atoms with Crippen LogP contribution in [0.3, 0.4) is 0 Å². The van der Waals surface area contributed by atoms with Crippen LogP contribution in [0.25, 0.3) is 5.57 Å². The molecule has 24 heavy (non-hydrogen) atoms. The molecule has 5 heteroatoms. The summed E-state index contributed by atoms with van der Waals surface area (Å²) >= 11 is 0. The second kappa shape index (κ2) is 5.31. The molecule has 0 aromatic heterocycles. The Kier molecular flexibility index (Phi) is 3.35. The van der Waals surface area contributed by atoms with Crippen molar-refractivity contribution in [3.8, 4) is 0 Å². The molecule has 2 unspecified atom stereocenters. The van der Waals surface area contributed by atoms with Crippen LogP contribution in [0, 0.1) is 6.92 Å². The Bertz CT molecular complexity index is 777. The highest BCUT2D eigenvalue weighted by Crippen LogP contribution is 2.50. The number of esters is 2. The lowest BCUT2D eigenvalue weighted by molar-refractivity contribution is -0.177. The van der Waals surface area contributed by atoms with Gasteiger partial charge in [0.05, 0.1) is 0 Å². The fourth-order valence-corrected chi connectivity index (χ4v) is 3.89. The largest absolute Gasteiger partial charge is 0.433 e. The molecule has 1 aromatic carbocycles. The van der Waals surface area contributed by atoms with E-state index in [4.69, 9.17) is 9.47 Å². The van der Waals surface area contributed by atoms with Gasteiger partial charge in [0.1, 0.15) is 0 Å². The molecule has 3 aliphatic rings. The van der Waals surface area contributed by atoms with Crippen LogP contribution in [0.4, 0.5) is 0 Å². The van der Waals surface area contributed by atoms with Crippen molar-refractivity contribution in [2.45, 2.75) is 38.0 Å². The van der Waals surface area contributed by atoms with Gasteiger partial charge in [0.15, 0.2) is 5.76 Å². The lowest BCUT2D eigenvalue weighted by Crippen LogP contribution is -2.53. The number of hydrogen-bond acceptors (Lipinski definition) is 5. The third kappa shape index (κ3) is 2.19. The summed E-state index contributed by atoms with van der Waals surface area (Å²) in [7, 11) is 1.93. The Hall–Kier alpha value is -2.40. The summed E-state index contributed by atoms with van der Waals surface area (Å²) in [5.41, 5.74) is 2.14. The standard InChI is InChI=1S/C19H19NO4/c1-12-3-5-13(6-4-12)15-11-14-9-10-19(20(14)2)18(15)23-16(21)7-8-17(22)24-19/h3-8,14H,9-11H2,1-2H3/b8-7+. The maximum absolute atomic E-state index is 12.1. The first kappa shape index (κ1) is 15.1. The van der Waals surface area contributed by atoms with Crippen molar-refractivity contribution in [2.75, 3.05) is 7.05 Å². The highest BCUT2D eigenvalue weighted by Gasteiger charge is 2.56. The number of carbonyl (C=O) groups is 2. The number of rotatable bonds is 1. The van der Waals surface area contributed by atoms with E-state index in [2.05, 4.69) is 0 Å². The number of hydrogen-bond donors (Lipinski definition) is 0. The molecule has 3 heterocycles. The molecule has 0 radical (unpaired) electrons. The number of ether oxygens (including phenoxy) is 2. The Balaban J connectivity index is 1.92. The molecule has 2 bridgehead atoms. The number of aryl methyl sites for hydroxylation is 1. The molecule has 1 saturated heterocycles. The molecule has 1 fully saturated rings. The van der Waals surface area contributed by atoms with Gasteiger partial charge in [0.2, 0.25) is 5.72 Å². The Labute approximate surface area is 140 Å². The van der Waals surface area contributed by atoms with Crippen molar-refractivity contribution in [2.24, 2.45) is 0 Å². The second-order valence-corrected chi connectivity index (χ2v) is 6.64. The zero-order valence-electron chi connectivity index (χ0n) is 13.7. The molecule has 1 spiro atoms. The van der Waals surface area contributed by atoms with E-state index in [0.29, 0.717) is 12.2 Å². The van der Waals surface area contributed by atoms with E-state index >= 15 is 0 Å². The summed E-state index contributed by atoms with van der Waals surface area (Å²) in [4.78, 5) is 26.2. The lowest BCUT2D eigenvalue weighted by atomic mass is 9.91. The zero-order chi connectivity index (χ0) is 16.9. The monoisotopic (exact) mass is 325 g/mol. The normalized spacial score (nSPS) is 31.0. The third-order valence-corrected chi connectivity index (χ3v) is 5.23. The topological polar surface area (TPSA) is 55.8 Å². The minimum atomic E-state index is -0.985. The molecule has 0 saturated carbocycles. The van der Waals surface area contributed by atoms with Crippen molar-refractivity contribution < 1.29 is 19.1 Å². The highest BCUT2D eigenvalue weighted by atomic mass is 16.6. The summed E-state index contributed by atoms with van der Waals surface area (Å²) < 4.78 is 11.4. The van der Waals surface area contributed by atoms with Gasteiger partial charge in [-0.25, -0.2) is 9.59 Å². The van der Waals surface area contributed by atoms with Gasteiger partial charge in [0, 0.05) is 30.2 Å². The molecule has 0 aliphatic carbocycles. The van der Waals surface area contributed by atoms with Crippen LogP contribution >= 0.6 is 0 Å². The first-order valence-electron chi connectivity index (χ1n) is 8.16. The maximum atomic E-state index is 12.1. The van der Waals surface area contributed by atoms with Crippen LogP contribution in [-0.2, 0) is 19.1 Å². The quantitative estimate of drug-likeness (QED) is 0.743. The smallest absolute Gasteiger partial charge is 0.336 e. The maximum Gasteiger partial charge on any atom is 0.336 e. The van der Waals surface area contributed by atoms with Crippen molar-refractivity contribution >= 4 is 17.5 Å². The molecule has 5 nitrogen and oxygen atoms in total. The van der Waals surface area contributed by atoms with Crippen LogP contribution in [0.1, 0.15) is 30.4 Å². The Morgan fingerprint density at radius 1 is 1.12 bits per heavy atom. The third-order valence-electron chi connectivity index (χ3n) is 5.23. The van der Waals surface area contributed by atoms with E-state index in [1.54, 1.807) is 0 Å². The Morgan fingerprint density at radius 3 is 2.58 bits per heavy atom. The van der Waals surface area contributed by atoms with Gasteiger partial charge in [0.25, 0.3) is 0 Å². The number of carbonyl (C=O) groups excluding carboxylic acids is 2. The van der Waals surface area contributed by atoms with E-state index in [0.717, 1.165) is 36.1 Å². The average molecular weight is 325 g/mol. The van der Waals surface area contributed by atoms with E-state index < -0.39 is 17.7 Å². The van der Waals surface area contributed by atoms with Gasteiger partial charge in [-0.3, -0.25) is 4.90 Å². The summed E-state index contributed by atoms with van der Waals surface area (Å²) in [6, 6.07) is 8.39. The molecule has 1 aromatic rings.